The second-order valence-corrected chi connectivity index (χ2v) is 13.7. The normalized spacial score (nSPS) is 18.8. The largest absolute Gasteiger partial charge is 0.477 e. The molecule has 1 amide bonds. The number of sulfonamides is 1. The van der Waals surface area contributed by atoms with E-state index in [1.165, 1.54) is 24.3 Å². The molecule has 1 aliphatic carbocycles. The van der Waals surface area contributed by atoms with Crippen LogP contribution in [0.4, 0.5) is 19.1 Å². The van der Waals surface area contributed by atoms with Crippen LogP contribution in [0, 0.1) is 19.3 Å². The van der Waals surface area contributed by atoms with Gasteiger partial charge in [0, 0.05) is 29.7 Å². The number of hydrogen-bond donors (Lipinski definition) is 2. The molecular weight excluding hydrogens is 617 g/mol. The number of carbonyl (C=O) groups is 1. The van der Waals surface area contributed by atoms with Crippen LogP contribution in [0.2, 0.25) is 0 Å². The van der Waals surface area contributed by atoms with Gasteiger partial charge in [-0.1, -0.05) is 48.5 Å². The third-order valence-corrected chi connectivity index (χ3v) is 10.1. The lowest BCUT2D eigenvalue weighted by Crippen LogP contribution is -2.31. The van der Waals surface area contributed by atoms with E-state index in [9.17, 15) is 26.4 Å². The highest BCUT2D eigenvalue weighted by Gasteiger charge is 2.62. The SMILES string of the molecule is Cc1cccc(C)c1-c1cc2nc(n1)NS(=O)(=O)c1cccc(c1)C(=O)NCC(c1ccc(CCC3(C(F)(F)F)CC3)cc1)CO2. The lowest BCUT2D eigenvalue weighted by molar-refractivity contribution is -0.188. The van der Waals surface area contributed by atoms with Gasteiger partial charge in [0.05, 0.1) is 22.6 Å². The monoisotopic (exact) mass is 650 g/mol. The maximum Gasteiger partial charge on any atom is 0.394 e. The zero-order valence-corrected chi connectivity index (χ0v) is 26.1. The molecule has 6 rings (SSSR count). The molecule has 1 aliphatic heterocycles. The molecule has 1 atom stereocenters. The number of nitrogens with one attached hydrogen (secondary N) is 2. The number of fused-ring (bicyclic) bond motifs is 4. The van der Waals surface area contributed by atoms with Crippen LogP contribution in [0.1, 0.15) is 57.8 Å². The number of hydrogen-bond acceptors (Lipinski definition) is 6. The van der Waals surface area contributed by atoms with Crippen molar-refractivity contribution in [3.8, 4) is 17.1 Å². The van der Waals surface area contributed by atoms with E-state index in [0.29, 0.717) is 12.1 Å². The fourth-order valence-corrected chi connectivity index (χ4v) is 6.81. The predicted octanol–water partition coefficient (Wildman–Crippen LogP) is 6.74. The first-order chi connectivity index (χ1) is 21.8. The minimum absolute atomic E-state index is 0.0556. The predicted molar refractivity (Wildman–Crippen MR) is 167 cm³/mol. The summed E-state index contributed by atoms with van der Waals surface area (Å²) in [5.41, 5.74) is 3.36. The van der Waals surface area contributed by atoms with Crippen LogP contribution < -0.4 is 14.8 Å². The molecule has 0 saturated heterocycles. The van der Waals surface area contributed by atoms with Gasteiger partial charge >= 0.3 is 6.18 Å². The topological polar surface area (TPSA) is 110 Å². The molecule has 1 aromatic heterocycles. The number of benzene rings is 3. The van der Waals surface area contributed by atoms with E-state index in [0.717, 1.165) is 27.8 Å². The molecule has 1 fully saturated rings. The minimum Gasteiger partial charge on any atom is -0.477 e. The molecule has 3 aromatic carbocycles. The highest BCUT2D eigenvalue weighted by molar-refractivity contribution is 7.92. The Balaban J connectivity index is 1.33. The molecule has 12 heteroatoms. The van der Waals surface area contributed by atoms with E-state index in [1.54, 1.807) is 6.07 Å². The number of alkyl halides is 3. The van der Waals surface area contributed by atoms with Gasteiger partial charge < -0.3 is 10.1 Å². The quantitative estimate of drug-likeness (QED) is 0.248. The lowest BCUT2D eigenvalue weighted by Gasteiger charge is -2.21. The average molecular weight is 651 g/mol. The molecule has 8 nitrogen and oxygen atoms in total. The lowest BCUT2D eigenvalue weighted by atomic mass is 9.93. The van der Waals surface area contributed by atoms with Gasteiger partial charge in [0.2, 0.25) is 11.8 Å². The summed E-state index contributed by atoms with van der Waals surface area (Å²) in [4.78, 5) is 21.9. The van der Waals surface area contributed by atoms with Crippen molar-refractivity contribution >= 4 is 21.9 Å². The van der Waals surface area contributed by atoms with Crippen molar-refractivity contribution in [2.24, 2.45) is 5.41 Å². The number of aromatic nitrogens is 2. The van der Waals surface area contributed by atoms with Gasteiger partial charge in [-0.25, -0.2) is 18.1 Å². The molecule has 4 bridgehead atoms. The summed E-state index contributed by atoms with van der Waals surface area (Å²) in [7, 11) is -4.16. The Labute approximate surface area is 265 Å². The molecule has 46 heavy (non-hydrogen) atoms. The summed E-state index contributed by atoms with van der Waals surface area (Å²) < 4.78 is 75.5. The summed E-state index contributed by atoms with van der Waals surface area (Å²) in [5, 5.41) is 2.87. The summed E-state index contributed by atoms with van der Waals surface area (Å²) >= 11 is 0. The molecular formula is C34H33F3N4O4S. The third kappa shape index (κ3) is 6.57. The van der Waals surface area contributed by atoms with E-state index < -0.39 is 27.5 Å². The van der Waals surface area contributed by atoms with Crippen molar-refractivity contribution in [3.63, 3.8) is 0 Å². The van der Waals surface area contributed by atoms with Crippen molar-refractivity contribution in [1.29, 1.82) is 0 Å². The Morgan fingerprint density at radius 1 is 0.957 bits per heavy atom. The molecule has 1 unspecified atom stereocenters. The number of anilines is 1. The Morgan fingerprint density at radius 2 is 1.65 bits per heavy atom. The fourth-order valence-electron chi connectivity index (χ4n) is 5.82. The maximum absolute atomic E-state index is 13.4. The van der Waals surface area contributed by atoms with Crippen molar-refractivity contribution in [3.05, 3.63) is 101 Å². The summed E-state index contributed by atoms with van der Waals surface area (Å²) in [6.45, 7) is 4.07. The number of rotatable bonds is 5. The molecule has 0 spiro atoms. The first kappa shape index (κ1) is 31.5. The van der Waals surface area contributed by atoms with Crippen molar-refractivity contribution in [2.45, 2.75) is 56.5 Å². The van der Waals surface area contributed by atoms with Gasteiger partial charge in [-0.15, -0.1) is 0 Å². The number of carbonyl (C=O) groups excluding carboxylic acids is 1. The molecule has 1 saturated carbocycles. The van der Waals surface area contributed by atoms with Gasteiger partial charge in [-0.2, -0.15) is 18.2 Å². The second kappa shape index (κ2) is 12.1. The van der Waals surface area contributed by atoms with Crippen LogP contribution in [0.5, 0.6) is 5.88 Å². The van der Waals surface area contributed by atoms with Crippen LogP contribution >= 0.6 is 0 Å². The van der Waals surface area contributed by atoms with Crippen LogP contribution in [-0.2, 0) is 16.4 Å². The van der Waals surface area contributed by atoms with Crippen molar-refractivity contribution in [2.75, 3.05) is 17.9 Å². The van der Waals surface area contributed by atoms with Crippen molar-refractivity contribution in [1.82, 2.24) is 15.3 Å². The zero-order chi connectivity index (χ0) is 32.7. The van der Waals surface area contributed by atoms with E-state index in [-0.39, 0.29) is 60.6 Å². The molecule has 2 aliphatic rings. The Morgan fingerprint density at radius 3 is 2.33 bits per heavy atom. The summed E-state index contributed by atoms with van der Waals surface area (Å²) in [6.07, 6.45) is -3.47. The highest BCUT2D eigenvalue weighted by Crippen LogP contribution is 2.60. The molecule has 4 aromatic rings. The number of ether oxygens (including phenoxy) is 1. The van der Waals surface area contributed by atoms with Crippen LogP contribution in [0.25, 0.3) is 11.3 Å². The molecule has 0 radical (unpaired) electrons. The van der Waals surface area contributed by atoms with Crippen molar-refractivity contribution < 1.29 is 31.1 Å². The smallest absolute Gasteiger partial charge is 0.394 e. The molecule has 240 valence electrons. The first-order valence-corrected chi connectivity index (χ1v) is 16.5. The van der Waals surface area contributed by atoms with E-state index in [4.69, 9.17) is 4.74 Å². The number of nitrogens with zero attached hydrogens (tertiary/aromatic N) is 2. The third-order valence-electron chi connectivity index (χ3n) is 8.81. The Hall–Kier alpha value is -4.45. The average Bonchev–Trinajstić information content (AvgIpc) is 3.81. The van der Waals surface area contributed by atoms with E-state index >= 15 is 0 Å². The van der Waals surface area contributed by atoms with Gasteiger partial charge in [0.15, 0.2) is 0 Å². The maximum atomic E-state index is 13.4. The number of halogens is 3. The zero-order valence-electron chi connectivity index (χ0n) is 25.3. The van der Waals surface area contributed by atoms with Crippen LogP contribution in [0.15, 0.2) is 77.7 Å². The Bertz CT molecular complexity index is 1870. The van der Waals surface area contributed by atoms with Crippen LogP contribution in [0.3, 0.4) is 0 Å². The van der Waals surface area contributed by atoms with Gasteiger partial charge in [-0.3, -0.25) is 4.79 Å². The number of aryl methyl sites for hydroxylation is 3. The minimum atomic E-state index is -4.19. The van der Waals surface area contributed by atoms with Gasteiger partial charge in [0.1, 0.15) is 0 Å². The van der Waals surface area contributed by atoms with Crippen LogP contribution in [-0.4, -0.2) is 43.6 Å². The van der Waals surface area contributed by atoms with E-state index in [2.05, 4.69) is 20.0 Å². The first-order valence-electron chi connectivity index (χ1n) is 15.0. The molecule has 2 N–H and O–H groups in total. The van der Waals surface area contributed by atoms with Gasteiger partial charge in [0.25, 0.3) is 15.9 Å². The van der Waals surface area contributed by atoms with Gasteiger partial charge in [-0.05, 0) is 80.0 Å². The standard InChI is InChI=1S/C34H33F3N4O4S/c1-21-5-3-6-22(2)30(21)28-18-29-40-32(39-28)41-46(43,44)27-8-4-7-25(17-27)31(42)38-19-26(20-45-29)24-11-9-23(10-12-24)13-14-33(15-16-33)34(35,36)37/h3-12,17-18,26H,13-16,19-20H2,1-2H3,(H,38,42)(H,39,40,41). The molecule has 2 heterocycles. The summed E-state index contributed by atoms with van der Waals surface area (Å²) in [5.74, 6) is -0.890. The fraction of sp³-hybridized carbons (Fsp3) is 0.324. The second-order valence-electron chi connectivity index (χ2n) is 12.1. The summed E-state index contributed by atoms with van der Waals surface area (Å²) in [6, 6.07) is 20.4. The van der Waals surface area contributed by atoms with E-state index in [1.807, 2.05) is 56.3 Å². The highest BCUT2D eigenvalue weighted by atomic mass is 32.2. The number of amides is 1. The Kier molecular flexibility index (Phi) is 8.26.